The number of nitrogens with one attached hydrogen (secondary N) is 1. The Hall–Kier alpha value is -3.72. The molecule has 178 valence electrons. The number of carbonyl (C=O) groups excluding carboxylic acids is 2. The summed E-state index contributed by atoms with van der Waals surface area (Å²) in [4.78, 5) is 25.0. The summed E-state index contributed by atoms with van der Waals surface area (Å²) in [6.07, 6.45) is 1.52. The number of amides is 1. The van der Waals surface area contributed by atoms with Crippen LogP contribution in [-0.4, -0.2) is 42.0 Å². The molecular weight excluding hydrogens is 441 g/mol. The normalized spacial score (nSPS) is 17.4. The molecule has 8 nitrogen and oxygen atoms in total. The molecule has 9 heteroatoms. The van der Waals surface area contributed by atoms with Crippen LogP contribution in [0.5, 0.6) is 5.75 Å². The zero-order chi connectivity index (χ0) is 24.1. The molecule has 0 bridgehead atoms. The van der Waals surface area contributed by atoms with E-state index in [1.54, 1.807) is 43.1 Å². The molecule has 0 radical (unpaired) electrons. The smallest absolute Gasteiger partial charge is 0.312 e. The highest BCUT2D eigenvalue weighted by molar-refractivity contribution is 5.81. The molecular formula is C25H26FN3O5. The van der Waals surface area contributed by atoms with Crippen molar-refractivity contribution in [3.63, 3.8) is 0 Å². The standard InChI is InChI=1S/C25H26FN3O5/c1-16-7-8-17(13-19(16)26)14-27-23(30)15-34-25(31)18-10-12-33-24(18)21-9-11-28-29(21)20-5-3-4-6-22(20)32-2/h3-9,11,13,18,24H,10,12,14-15H2,1-2H3,(H,27,30)/t18-,24-/m1/s1. The van der Waals surface area contributed by atoms with Crippen LogP contribution in [0.4, 0.5) is 4.39 Å². The molecule has 1 amide bonds. The van der Waals surface area contributed by atoms with Gasteiger partial charge in [-0.1, -0.05) is 24.3 Å². The van der Waals surface area contributed by atoms with Crippen molar-refractivity contribution in [1.29, 1.82) is 0 Å². The Labute approximate surface area is 196 Å². The van der Waals surface area contributed by atoms with Crippen LogP contribution in [0.2, 0.25) is 0 Å². The van der Waals surface area contributed by atoms with Crippen LogP contribution in [0.25, 0.3) is 5.69 Å². The van der Waals surface area contributed by atoms with Gasteiger partial charge in [-0.25, -0.2) is 9.07 Å². The fraction of sp³-hybridized carbons (Fsp3) is 0.320. The van der Waals surface area contributed by atoms with Crippen molar-refractivity contribution in [1.82, 2.24) is 15.1 Å². The number of ether oxygens (including phenoxy) is 3. The summed E-state index contributed by atoms with van der Waals surface area (Å²) in [5.41, 5.74) is 2.57. The topological polar surface area (TPSA) is 91.7 Å². The van der Waals surface area contributed by atoms with Crippen LogP contribution in [0.15, 0.2) is 54.7 Å². The molecule has 1 fully saturated rings. The van der Waals surface area contributed by atoms with Crippen LogP contribution in [-0.2, 0) is 25.6 Å². The zero-order valence-corrected chi connectivity index (χ0v) is 19.0. The Morgan fingerprint density at radius 3 is 2.85 bits per heavy atom. The number of nitrogens with zero attached hydrogens (tertiary/aromatic N) is 2. The lowest BCUT2D eigenvalue weighted by atomic mass is 9.99. The summed E-state index contributed by atoms with van der Waals surface area (Å²) in [6.45, 7) is 1.76. The second-order valence-electron chi connectivity index (χ2n) is 7.99. The third kappa shape index (κ3) is 5.09. The van der Waals surface area contributed by atoms with Crippen molar-refractivity contribution in [3.05, 3.63) is 77.4 Å². The first kappa shape index (κ1) is 23.4. The summed E-state index contributed by atoms with van der Waals surface area (Å²) >= 11 is 0. The maximum absolute atomic E-state index is 13.7. The predicted octanol–water partition coefficient (Wildman–Crippen LogP) is 3.27. The lowest BCUT2D eigenvalue weighted by Crippen LogP contribution is -2.31. The molecule has 0 spiro atoms. The molecule has 2 aromatic carbocycles. The van der Waals surface area contributed by atoms with Gasteiger partial charge in [0.25, 0.3) is 5.91 Å². The number of carbonyl (C=O) groups is 2. The largest absolute Gasteiger partial charge is 0.494 e. The van der Waals surface area contributed by atoms with Gasteiger partial charge in [0.2, 0.25) is 0 Å². The number of para-hydroxylation sites is 2. The fourth-order valence-corrected chi connectivity index (χ4v) is 3.90. The number of esters is 1. The Kier molecular flexibility index (Phi) is 7.22. The Morgan fingerprint density at radius 1 is 1.24 bits per heavy atom. The number of benzene rings is 2. The van der Waals surface area contributed by atoms with Crippen molar-refractivity contribution < 1.29 is 28.2 Å². The number of hydrogen-bond acceptors (Lipinski definition) is 6. The van der Waals surface area contributed by atoms with Crippen molar-refractivity contribution in [2.45, 2.75) is 26.0 Å². The third-order valence-corrected chi connectivity index (χ3v) is 5.74. The van der Waals surface area contributed by atoms with Crippen molar-refractivity contribution in [3.8, 4) is 11.4 Å². The summed E-state index contributed by atoms with van der Waals surface area (Å²) < 4.78 is 31.9. The van der Waals surface area contributed by atoms with Gasteiger partial charge >= 0.3 is 5.97 Å². The van der Waals surface area contributed by atoms with E-state index in [9.17, 15) is 14.0 Å². The minimum atomic E-state index is -0.579. The fourth-order valence-electron chi connectivity index (χ4n) is 3.90. The van der Waals surface area contributed by atoms with Crippen LogP contribution < -0.4 is 10.1 Å². The molecule has 1 aromatic heterocycles. The predicted molar refractivity (Wildman–Crippen MR) is 121 cm³/mol. The molecule has 2 heterocycles. The molecule has 1 aliphatic rings. The minimum Gasteiger partial charge on any atom is -0.494 e. The van der Waals surface area contributed by atoms with Gasteiger partial charge in [-0.2, -0.15) is 5.10 Å². The van der Waals surface area contributed by atoms with Gasteiger partial charge < -0.3 is 19.5 Å². The number of halogens is 1. The third-order valence-electron chi connectivity index (χ3n) is 5.74. The summed E-state index contributed by atoms with van der Waals surface area (Å²) in [5, 5.41) is 7.02. The average molecular weight is 467 g/mol. The quantitative estimate of drug-likeness (QED) is 0.512. The molecule has 34 heavy (non-hydrogen) atoms. The molecule has 1 aliphatic heterocycles. The molecule has 0 aliphatic carbocycles. The van der Waals surface area contributed by atoms with Gasteiger partial charge in [-0.15, -0.1) is 0 Å². The van der Waals surface area contributed by atoms with E-state index in [0.717, 1.165) is 5.69 Å². The maximum Gasteiger partial charge on any atom is 0.312 e. The lowest BCUT2D eigenvalue weighted by Gasteiger charge is -2.19. The number of hydrogen-bond donors (Lipinski definition) is 1. The van der Waals surface area contributed by atoms with E-state index in [-0.39, 0.29) is 12.4 Å². The molecule has 0 unspecified atom stereocenters. The van der Waals surface area contributed by atoms with Crippen LogP contribution >= 0.6 is 0 Å². The van der Waals surface area contributed by atoms with Gasteiger partial charge in [0.15, 0.2) is 6.61 Å². The molecule has 3 aromatic rings. The van der Waals surface area contributed by atoms with E-state index in [0.29, 0.717) is 35.6 Å². The van der Waals surface area contributed by atoms with E-state index < -0.39 is 30.5 Å². The highest BCUT2D eigenvalue weighted by Gasteiger charge is 2.39. The van der Waals surface area contributed by atoms with Gasteiger partial charge in [-0.05, 0) is 48.7 Å². The van der Waals surface area contributed by atoms with Crippen molar-refractivity contribution >= 4 is 11.9 Å². The summed E-state index contributed by atoms with van der Waals surface area (Å²) in [5.74, 6) is -1.27. The molecule has 2 atom stereocenters. The van der Waals surface area contributed by atoms with Crippen molar-refractivity contribution in [2.75, 3.05) is 20.3 Å². The SMILES string of the molecule is COc1ccccc1-n1nccc1[C@@H]1OCC[C@H]1C(=O)OCC(=O)NCc1ccc(C)c(F)c1. The van der Waals surface area contributed by atoms with E-state index in [2.05, 4.69) is 10.4 Å². The first-order valence-corrected chi connectivity index (χ1v) is 10.9. The van der Waals surface area contributed by atoms with Gasteiger partial charge in [0, 0.05) is 19.3 Å². The van der Waals surface area contributed by atoms with Crippen LogP contribution in [0, 0.1) is 18.7 Å². The van der Waals surface area contributed by atoms with Gasteiger partial charge in [0.1, 0.15) is 23.4 Å². The first-order valence-electron chi connectivity index (χ1n) is 10.9. The van der Waals surface area contributed by atoms with Gasteiger partial charge in [-0.3, -0.25) is 9.59 Å². The second kappa shape index (κ2) is 10.5. The maximum atomic E-state index is 13.7. The molecule has 4 rings (SSSR count). The van der Waals surface area contributed by atoms with Crippen LogP contribution in [0.3, 0.4) is 0 Å². The highest BCUT2D eigenvalue weighted by atomic mass is 19.1. The summed E-state index contributed by atoms with van der Waals surface area (Å²) in [6, 6.07) is 14.0. The minimum absolute atomic E-state index is 0.140. The monoisotopic (exact) mass is 467 g/mol. The van der Waals surface area contributed by atoms with Crippen LogP contribution in [0.1, 0.15) is 29.3 Å². The van der Waals surface area contributed by atoms with E-state index in [1.165, 1.54) is 6.07 Å². The number of rotatable bonds is 8. The van der Waals surface area contributed by atoms with E-state index >= 15 is 0 Å². The van der Waals surface area contributed by atoms with E-state index in [4.69, 9.17) is 14.2 Å². The molecule has 1 N–H and O–H groups in total. The van der Waals surface area contributed by atoms with Crippen molar-refractivity contribution in [2.24, 2.45) is 5.92 Å². The van der Waals surface area contributed by atoms with E-state index in [1.807, 2.05) is 24.3 Å². The highest BCUT2D eigenvalue weighted by Crippen LogP contribution is 2.37. The Balaban J connectivity index is 1.37. The molecule has 0 saturated carbocycles. The number of aromatic nitrogens is 2. The summed E-state index contributed by atoms with van der Waals surface area (Å²) in [7, 11) is 1.58. The Bertz CT molecular complexity index is 1180. The lowest BCUT2D eigenvalue weighted by molar-refractivity contribution is -0.154. The number of aryl methyl sites for hydroxylation is 1. The average Bonchev–Trinajstić information content (AvgIpc) is 3.52. The first-order chi connectivity index (χ1) is 16.5. The van der Waals surface area contributed by atoms with Gasteiger partial charge in [0.05, 0.1) is 18.7 Å². The Morgan fingerprint density at radius 2 is 2.06 bits per heavy atom. The zero-order valence-electron chi connectivity index (χ0n) is 19.0. The second-order valence-corrected chi connectivity index (χ2v) is 7.99. The molecule has 1 saturated heterocycles. The number of methoxy groups -OCH3 is 1.